The summed E-state index contributed by atoms with van der Waals surface area (Å²) in [4.78, 5) is 0. The molecule has 1 aromatic rings. The van der Waals surface area contributed by atoms with Crippen molar-refractivity contribution < 1.29 is 17.9 Å². The van der Waals surface area contributed by atoms with Crippen molar-refractivity contribution >= 4 is 9.84 Å². The second-order valence-corrected chi connectivity index (χ2v) is 6.92. The summed E-state index contributed by atoms with van der Waals surface area (Å²) in [6.07, 6.45) is 1.20. The summed E-state index contributed by atoms with van der Waals surface area (Å²) in [6, 6.07) is 5.59. The van der Waals surface area contributed by atoms with Gasteiger partial charge in [0, 0.05) is 11.8 Å². The van der Waals surface area contributed by atoms with Crippen LogP contribution in [0.3, 0.4) is 0 Å². The third kappa shape index (κ3) is 5.38. The summed E-state index contributed by atoms with van der Waals surface area (Å²) in [5.74, 6) is 1.75. The summed E-state index contributed by atoms with van der Waals surface area (Å²) >= 11 is 0. The molecule has 0 fully saturated rings. The first kappa shape index (κ1) is 16.8. The molecule has 1 rings (SSSR count). The molecule has 0 atom stereocenters. The fraction of sp³-hybridized carbons (Fsp3) is 0.571. The number of methoxy groups -OCH3 is 1. The molecule has 20 heavy (non-hydrogen) atoms. The Bertz CT molecular complexity index is 514. The van der Waals surface area contributed by atoms with Gasteiger partial charge in [0.05, 0.1) is 19.5 Å². The lowest BCUT2D eigenvalue weighted by molar-refractivity contribution is 0.311. The maximum Gasteiger partial charge on any atom is 0.150 e. The third-order valence-corrected chi connectivity index (χ3v) is 4.78. The minimum absolute atomic E-state index is 0.152. The Kier molecular flexibility index (Phi) is 6.81. The summed E-state index contributed by atoms with van der Waals surface area (Å²) in [7, 11) is -1.34. The van der Waals surface area contributed by atoms with Crippen molar-refractivity contribution in [1.29, 1.82) is 0 Å². The van der Waals surface area contributed by atoms with Crippen molar-refractivity contribution in [2.24, 2.45) is 5.73 Å². The molecule has 0 saturated carbocycles. The van der Waals surface area contributed by atoms with Gasteiger partial charge in [-0.1, -0.05) is 13.0 Å². The molecule has 0 saturated heterocycles. The standard InChI is InChI=1S/C14H23NO4S/c1-3-20(16,17)10-4-9-19-14-11-13(18-2)6-5-12(14)7-8-15/h5-6,11H,3-4,7-10,15H2,1-2H3. The number of ether oxygens (including phenoxy) is 2. The molecule has 0 heterocycles. The van der Waals surface area contributed by atoms with E-state index in [1.165, 1.54) is 0 Å². The van der Waals surface area contributed by atoms with Crippen molar-refractivity contribution in [2.45, 2.75) is 19.8 Å². The van der Waals surface area contributed by atoms with Gasteiger partial charge < -0.3 is 15.2 Å². The normalized spacial score (nSPS) is 11.3. The van der Waals surface area contributed by atoms with Gasteiger partial charge in [-0.25, -0.2) is 8.42 Å². The largest absolute Gasteiger partial charge is 0.497 e. The molecule has 114 valence electrons. The van der Waals surface area contributed by atoms with Gasteiger partial charge in [-0.05, 0) is 31.0 Å². The smallest absolute Gasteiger partial charge is 0.150 e. The van der Waals surface area contributed by atoms with Crippen LogP contribution in [0.2, 0.25) is 0 Å². The van der Waals surface area contributed by atoms with Crippen molar-refractivity contribution in [3.63, 3.8) is 0 Å². The zero-order valence-corrected chi connectivity index (χ0v) is 12.9. The summed E-state index contributed by atoms with van der Waals surface area (Å²) in [5, 5.41) is 0. The lowest BCUT2D eigenvalue weighted by Gasteiger charge is -2.12. The Morgan fingerprint density at radius 1 is 1.30 bits per heavy atom. The second-order valence-electron chi connectivity index (χ2n) is 4.45. The molecule has 0 unspecified atom stereocenters. The average molecular weight is 301 g/mol. The van der Waals surface area contributed by atoms with Gasteiger partial charge in [0.1, 0.15) is 21.3 Å². The Hall–Kier alpha value is -1.27. The third-order valence-electron chi connectivity index (χ3n) is 2.99. The van der Waals surface area contributed by atoms with Crippen LogP contribution in [0.5, 0.6) is 11.5 Å². The van der Waals surface area contributed by atoms with E-state index in [-0.39, 0.29) is 11.5 Å². The van der Waals surface area contributed by atoms with E-state index < -0.39 is 9.84 Å². The maximum atomic E-state index is 11.4. The second kappa shape index (κ2) is 8.11. The Labute approximate surface area is 121 Å². The Morgan fingerprint density at radius 3 is 2.65 bits per heavy atom. The summed E-state index contributed by atoms with van der Waals surface area (Å²) < 4.78 is 33.6. The number of benzene rings is 1. The van der Waals surface area contributed by atoms with Gasteiger partial charge in [-0.2, -0.15) is 0 Å². The summed E-state index contributed by atoms with van der Waals surface area (Å²) in [5.41, 5.74) is 6.57. The Balaban J connectivity index is 2.61. The number of rotatable bonds is 9. The maximum absolute atomic E-state index is 11.4. The molecular weight excluding hydrogens is 278 g/mol. The minimum Gasteiger partial charge on any atom is -0.497 e. The van der Waals surface area contributed by atoms with Crippen LogP contribution >= 0.6 is 0 Å². The van der Waals surface area contributed by atoms with Gasteiger partial charge in [-0.3, -0.25) is 0 Å². The number of hydrogen-bond donors (Lipinski definition) is 1. The minimum atomic E-state index is -2.93. The van der Waals surface area contributed by atoms with Gasteiger partial charge in [-0.15, -0.1) is 0 Å². The molecule has 0 aromatic heterocycles. The lowest BCUT2D eigenvalue weighted by atomic mass is 10.1. The first-order valence-corrected chi connectivity index (χ1v) is 8.54. The highest BCUT2D eigenvalue weighted by Crippen LogP contribution is 2.25. The SMILES string of the molecule is CCS(=O)(=O)CCCOc1cc(OC)ccc1CCN. The first-order valence-electron chi connectivity index (χ1n) is 6.72. The van der Waals surface area contributed by atoms with Crippen molar-refractivity contribution in [2.75, 3.05) is 31.8 Å². The average Bonchev–Trinajstić information content (AvgIpc) is 2.45. The molecule has 0 aliphatic carbocycles. The van der Waals surface area contributed by atoms with Crippen LogP contribution in [0.4, 0.5) is 0 Å². The van der Waals surface area contributed by atoms with E-state index in [2.05, 4.69) is 0 Å². The lowest BCUT2D eigenvalue weighted by Crippen LogP contribution is -2.12. The van der Waals surface area contributed by atoms with E-state index in [1.807, 2.05) is 12.1 Å². The predicted molar refractivity (Wildman–Crippen MR) is 80.2 cm³/mol. The zero-order chi connectivity index (χ0) is 15.0. The van der Waals surface area contributed by atoms with Crippen molar-refractivity contribution in [1.82, 2.24) is 0 Å². The zero-order valence-electron chi connectivity index (χ0n) is 12.1. The molecule has 0 bridgehead atoms. The topological polar surface area (TPSA) is 78.6 Å². The van der Waals surface area contributed by atoms with Crippen LogP contribution in [0.15, 0.2) is 18.2 Å². The molecule has 2 N–H and O–H groups in total. The highest BCUT2D eigenvalue weighted by Gasteiger charge is 2.09. The van der Waals surface area contributed by atoms with Gasteiger partial charge >= 0.3 is 0 Å². The van der Waals surface area contributed by atoms with Crippen LogP contribution in [0.1, 0.15) is 18.9 Å². The molecule has 0 amide bonds. The number of sulfone groups is 1. The highest BCUT2D eigenvalue weighted by atomic mass is 32.2. The van der Waals surface area contributed by atoms with E-state index in [9.17, 15) is 8.42 Å². The van der Waals surface area contributed by atoms with E-state index in [4.69, 9.17) is 15.2 Å². The molecule has 6 heteroatoms. The van der Waals surface area contributed by atoms with Crippen molar-refractivity contribution in [3.05, 3.63) is 23.8 Å². The van der Waals surface area contributed by atoms with E-state index >= 15 is 0 Å². The van der Waals surface area contributed by atoms with Crippen molar-refractivity contribution in [3.8, 4) is 11.5 Å². The number of hydrogen-bond acceptors (Lipinski definition) is 5. The fourth-order valence-corrected chi connectivity index (χ4v) is 2.61. The van der Waals surface area contributed by atoms with Gasteiger partial charge in [0.2, 0.25) is 0 Å². The van der Waals surface area contributed by atoms with Crippen LogP contribution < -0.4 is 15.2 Å². The van der Waals surface area contributed by atoms with Crippen LogP contribution in [0.25, 0.3) is 0 Å². The molecule has 0 spiro atoms. The number of nitrogens with two attached hydrogens (primary N) is 1. The fourth-order valence-electron chi connectivity index (χ4n) is 1.76. The van der Waals surface area contributed by atoms with Gasteiger partial charge in [0.25, 0.3) is 0 Å². The van der Waals surface area contributed by atoms with Gasteiger partial charge in [0.15, 0.2) is 0 Å². The van der Waals surface area contributed by atoms with E-state index in [1.54, 1.807) is 20.1 Å². The molecule has 1 aromatic carbocycles. The quantitative estimate of drug-likeness (QED) is 0.698. The first-order chi connectivity index (χ1) is 9.52. The van der Waals surface area contributed by atoms with Crippen LogP contribution in [0, 0.1) is 0 Å². The highest BCUT2D eigenvalue weighted by molar-refractivity contribution is 7.91. The van der Waals surface area contributed by atoms with E-state index in [0.717, 1.165) is 5.56 Å². The molecule has 0 aliphatic rings. The van der Waals surface area contributed by atoms with E-state index in [0.29, 0.717) is 37.5 Å². The predicted octanol–water partition coefficient (Wildman–Crippen LogP) is 1.40. The molecular formula is C14H23NO4S. The monoisotopic (exact) mass is 301 g/mol. The summed E-state index contributed by atoms with van der Waals surface area (Å²) in [6.45, 7) is 2.55. The van der Waals surface area contributed by atoms with Crippen LogP contribution in [-0.4, -0.2) is 40.2 Å². The molecule has 0 radical (unpaired) electrons. The molecule has 5 nitrogen and oxygen atoms in total. The molecule has 0 aliphatic heterocycles. The van der Waals surface area contributed by atoms with Crippen LogP contribution in [-0.2, 0) is 16.3 Å². The Morgan fingerprint density at radius 2 is 2.05 bits per heavy atom.